The van der Waals surface area contributed by atoms with E-state index in [0.29, 0.717) is 5.69 Å². The van der Waals surface area contributed by atoms with Gasteiger partial charge in [-0.1, -0.05) is 0 Å². The van der Waals surface area contributed by atoms with Crippen molar-refractivity contribution >= 4 is 49.6 Å². The summed E-state index contributed by atoms with van der Waals surface area (Å²) in [5.41, 5.74) is 2.20. The Morgan fingerprint density at radius 1 is 1.26 bits per heavy atom. The second kappa shape index (κ2) is 12.3. The lowest BCUT2D eigenvalue weighted by Crippen LogP contribution is -2.38. The number of hydrogen-bond donors (Lipinski definition) is 3. The number of anilines is 1. The molecule has 2 aromatic rings. The molecule has 1 atom stereocenters. The van der Waals surface area contributed by atoms with Crippen LogP contribution >= 0.6 is 15.9 Å². The molecule has 0 spiro atoms. The van der Waals surface area contributed by atoms with Crippen LogP contribution in [0.1, 0.15) is 12.1 Å². The molecule has 208 valence electrons. The summed E-state index contributed by atoms with van der Waals surface area (Å²) in [6.45, 7) is 0.709. The number of aromatic nitrogens is 2. The molecule has 14 nitrogen and oxygen atoms in total. The van der Waals surface area contributed by atoms with Gasteiger partial charge in [-0.2, -0.15) is 17.0 Å². The molecular weight excluding hydrogens is 598 g/mol. The van der Waals surface area contributed by atoms with Crippen molar-refractivity contribution in [2.75, 3.05) is 57.7 Å². The Bertz CT molecular complexity index is 1280. The number of hydroxylamine groups is 1. The molecule has 3 N–H and O–H groups in total. The van der Waals surface area contributed by atoms with Crippen molar-refractivity contribution < 1.29 is 36.6 Å². The van der Waals surface area contributed by atoms with Crippen molar-refractivity contribution in [2.24, 2.45) is 4.99 Å². The van der Waals surface area contributed by atoms with Crippen molar-refractivity contribution in [3.63, 3.8) is 0 Å². The Labute approximate surface area is 224 Å². The fourth-order valence-electron chi connectivity index (χ4n) is 3.85. The van der Waals surface area contributed by atoms with Gasteiger partial charge in [0.1, 0.15) is 18.6 Å². The van der Waals surface area contributed by atoms with Crippen LogP contribution in [-0.2, 0) is 14.9 Å². The molecule has 2 saturated heterocycles. The Morgan fingerprint density at radius 3 is 2.71 bits per heavy atom. The second-order valence-electron chi connectivity index (χ2n) is 8.31. The summed E-state index contributed by atoms with van der Waals surface area (Å²) < 4.78 is 64.8. The fraction of sp³-hybridized carbons (Fsp3) is 0.500. The minimum atomic E-state index is -3.78. The third kappa shape index (κ3) is 6.55. The van der Waals surface area contributed by atoms with Crippen LogP contribution < -0.4 is 10.8 Å². The first-order valence-corrected chi connectivity index (χ1v) is 13.7. The van der Waals surface area contributed by atoms with Gasteiger partial charge in [-0.3, -0.25) is 10.7 Å². The zero-order valence-corrected chi connectivity index (χ0v) is 22.3. The molecule has 2 aliphatic rings. The summed E-state index contributed by atoms with van der Waals surface area (Å²) in [4.78, 5) is 17.4. The molecule has 38 heavy (non-hydrogen) atoms. The normalized spacial score (nSPS) is 20.2. The van der Waals surface area contributed by atoms with Gasteiger partial charge in [0.15, 0.2) is 11.5 Å². The lowest BCUT2D eigenvalue weighted by atomic mass is 10.3. The molecule has 0 saturated carbocycles. The van der Waals surface area contributed by atoms with Crippen LogP contribution in [0, 0.1) is 5.82 Å². The van der Waals surface area contributed by atoms with Crippen LogP contribution in [0.4, 0.5) is 25.1 Å². The largest absolute Gasteiger partial charge is 0.448 e. The van der Waals surface area contributed by atoms with Crippen molar-refractivity contribution in [2.45, 2.75) is 12.6 Å². The number of halogens is 3. The minimum absolute atomic E-state index is 0.0118. The lowest BCUT2D eigenvalue weighted by molar-refractivity contribution is 0.104. The number of rotatable bonds is 9. The van der Waals surface area contributed by atoms with E-state index in [4.69, 9.17) is 9.37 Å². The summed E-state index contributed by atoms with van der Waals surface area (Å²) in [6.07, 6.45) is -1.46. The van der Waals surface area contributed by atoms with Gasteiger partial charge >= 0.3 is 6.09 Å². The maximum atomic E-state index is 13.5. The van der Waals surface area contributed by atoms with Gasteiger partial charge in [-0.05, 0) is 50.9 Å². The number of benzene rings is 1. The Morgan fingerprint density at radius 2 is 2.03 bits per heavy atom. The van der Waals surface area contributed by atoms with Gasteiger partial charge in [0.2, 0.25) is 5.82 Å². The van der Waals surface area contributed by atoms with Gasteiger partial charge in [-0.15, -0.1) is 0 Å². The smallest absolute Gasteiger partial charge is 0.409 e. The Hall–Kier alpha value is -2.93. The average Bonchev–Trinajstić information content (AvgIpc) is 3.60. The van der Waals surface area contributed by atoms with Crippen LogP contribution in [0.5, 0.6) is 0 Å². The maximum Gasteiger partial charge on any atom is 0.409 e. The summed E-state index contributed by atoms with van der Waals surface area (Å²) in [7, 11) is -3.78. The molecule has 4 rings (SSSR count). The van der Waals surface area contributed by atoms with Gasteiger partial charge in [0.05, 0.1) is 16.7 Å². The molecule has 2 aliphatic heterocycles. The van der Waals surface area contributed by atoms with Gasteiger partial charge < -0.3 is 15.0 Å². The van der Waals surface area contributed by atoms with Gasteiger partial charge in [0.25, 0.3) is 10.2 Å². The SMILES string of the molecule is O=C(OCCN1CCN(CCNc2nonc2C(=Nc2ccc(F)c(Br)c2)NO)S1(=O)=O)N1CC[C@H](F)C1. The first kappa shape index (κ1) is 28.1. The first-order valence-electron chi connectivity index (χ1n) is 11.5. The number of ether oxygens (including phenoxy) is 1. The highest BCUT2D eigenvalue weighted by Crippen LogP contribution is 2.23. The van der Waals surface area contributed by atoms with Crippen LogP contribution in [0.25, 0.3) is 0 Å². The highest BCUT2D eigenvalue weighted by Gasteiger charge is 2.36. The highest BCUT2D eigenvalue weighted by atomic mass is 79.9. The van der Waals surface area contributed by atoms with E-state index in [1.54, 1.807) is 0 Å². The van der Waals surface area contributed by atoms with E-state index in [-0.39, 0.29) is 80.7 Å². The van der Waals surface area contributed by atoms with Crippen LogP contribution in [0.15, 0.2) is 32.3 Å². The number of amidine groups is 1. The summed E-state index contributed by atoms with van der Waals surface area (Å²) in [6, 6.07) is 3.97. The van der Waals surface area contributed by atoms with E-state index in [9.17, 15) is 27.2 Å². The maximum absolute atomic E-state index is 13.5. The van der Waals surface area contributed by atoms with E-state index in [0.717, 1.165) is 0 Å². The molecule has 1 aromatic heterocycles. The van der Waals surface area contributed by atoms with Crippen molar-refractivity contribution in [1.82, 2.24) is 29.3 Å². The summed E-state index contributed by atoms with van der Waals surface area (Å²) in [5, 5.41) is 19.8. The number of nitrogens with zero attached hydrogens (tertiary/aromatic N) is 6. The number of aliphatic imine (C=N–C) groups is 1. The standard InChI is InChI=1S/C20H25BrF2N8O6S/c21-15-11-14(1-2-16(15)23)25-19(26-33)17-18(28-37-27-17)24-4-6-30-7-8-31(38(30,34)35)9-10-36-20(32)29-5-3-13(22)12-29/h1-2,11,13,33H,3-10,12H2,(H,24,28)(H,25,26)/t13-/m0/s1. The number of nitrogens with one attached hydrogen (secondary N) is 2. The predicted molar refractivity (Wildman–Crippen MR) is 133 cm³/mol. The third-order valence-electron chi connectivity index (χ3n) is 5.82. The first-order chi connectivity index (χ1) is 18.2. The molecular formula is C20H25BrF2N8O6S. The molecule has 3 heterocycles. The summed E-state index contributed by atoms with van der Waals surface area (Å²) in [5.74, 6) is -0.537. The lowest BCUT2D eigenvalue weighted by Gasteiger charge is -2.20. The van der Waals surface area contributed by atoms with Crippen LogP contribution in [-0.4, -0.2) is 108 Å². The number of alkyl halides is 1. The molecule has 0 unspecified atom stereocenters. The highest BCUT2D eigenvalue weighted by molar-refractivity contribution is 9.10. The molecule has 0 bridgehead atoms. The van der Waals surface area contributed by atoms with E-state index in [1.807, 2.05) is 5.48 Å². The number of hydrogen-bond acceptors (Lipinski definition) is 10. The third-order valence-corrected chi connectivity index (χ3v) is 8.47. The zero-order chi connectivity index (χ0) is 27.3. The van der Waals surface area contributed by atoms with E-state index >= 15 is 0 Å². The Kier molecular flexibility index (Phi) is 9.08. The van der Waals surface area contributed by atoms with Crippen molar-refractivity contribution in [3.05, 3.63) is 34.2 Å². The van der Waals surface area contributed by atoms with E-state index in [2.05, 4.69) is 36.6 Å². The molecule has 1 aromatic carbocycles. The fourth-order valence-corrected chi connectivity index (χ4v) is 5.80. The average molecular weight is 623 g/mol. The van der Waals surface area contributed by atoms with Crippen molar-refractivity contribution in [3.8, 4) is 0 Å². The van der Waals surface area contributed by atoms with E-state index in [1.165, 1.54) is 31.7 Å². The van der Waals surface area contributed by atoms with Gasteiger partial charge in [0, 0.05) is 39.3 Å². The molecule has 1 amide bonds. The topological polar surface area (TPSA) is 166 Å². The number of amides is 1. The molecule has 18 heteroatoms. The van der Waals surface area contributed by atoms with Gasteiger partial charge in [-0.25, -0.2) is 23.2 Å². The molecule has 2 fully saturated rings. The van der Waals surface area contributed by atoms with E-state index < -0.39 is 28.3 Å². The van der Waals surface area contributed by atoms with Crippen LogP contribution in [0.3, 0.4) is 0 Å². The monoisotopic (exact) mass is 622 g/mol. The van der Waals surface area contributed by atoms with Crippen LogP contribution in [0.2, 0.25) is 0 Å². The summed E-state index contributed by atoms with van der Waals surface area (Å²) >= 11 is 3.06. The van der Waals surface area contributed by atoms with Crippen molar-refractivity contribution in [1.29, 1.82) is 0 Å². The molecule has 0 aliphatic carbocycles. The predicted octanol–water partition coefficient (Wildman–Crippen LogP) is 1.48. The molecule has 0 radical (unpaired) electrons. The second-order valence-corrected chi connectivity index (χ2v) is 11.1. The number of carbonyl (C=O) groups is 1. The quantitative estimate of drug-likeness (QED) is 0.212. The zero-order valence-electron chi connectivity index (χ0n) is 19.9. The minimum Gasteiger partial charge on any atom is -0.448 e. The number of carbonyl (C=O) groups excluding carboxylic acids is 1. The number of likely N-dealkylation sites (tertiary alicyclic amines) is 1. The Balaban J connectivity index is 1.28.